The van der Waals surface area contributed by atoms with Gasteiger partial charge in [0.25, 0.3) is 0 Å². The maximum atomic E-state index is 5.20. The molecule has 0 aliphatic heterocycles. The van der Waals surface area contributed by atoms with Crippen LogP contribution in [-0.2, 0) is 11.2 Å². The van der Waals surface area contributed by atoms with Crippen LogP contribution in [-0.4, -0.2) is 37.3 Å². The van der Waals surface area contributed by atoms with Crippen molar-refractivity contribution in [2.24, 2.45) is 5.41 Å². The number of nitrogens with one attached hydrogen (secondary N) is 2. The predicted molar refractivity (Wildman–Crippen MR) is 82.3 cm³/mol. The molecule has 0 aromatic carbocycles. The third kappa shape index (κ3) is 3.39. The first-order valence-electron chi connectivity index (χ1n) is 7.42. The summed E-state index contributed by atoms with van der Waals surface area (Å²) in [6.07, 6.45) is 4.54. The van der Waals surface area contributed by atoms with Gasteiger partial charge in [-0.25, -0.2) is 9.97 Å². The summed E-state index contributed by atoms with van der Waals surface area (Å²) in [5.74, 6) is 2.76. The second kappa shape index (κ2) is 6.39. The van der Waals surface area contributed by atoms with Gasteiger partial charge in [0.1, 0.15) is 17.5 Å². The summed E-state index contributed by atoms with van der Waals surface area (Å²) in [7, 11) is 3.67. The van der Waals surface area contributed by atoms with Crippen LogP contribution < -0.4 is 10.6 Å². The number of aromatic nitrogens is 2. The minimum absolute atomic E-state index is 0.416. The van der Waals surface area contributed by atoms with E-state index in [1.165, 1.54) is 12.8 Å². The molecule has 1 fully saturated rings. The Kier molecular flexibility index (Phi) is 4.81. The van der Waals surface area contributed by atoms with Crippen molar-refractivity contribution in [2.75, 3.05) is 37.9 Å². The van der Waals surface area contributed by atoms with Gasteiger partial charge in [0.2, 0.25) is 0 Å². The molecule has 1 aliphatic rings. The van der Waals surface area contributed by atoms with Crippen LogP contribution in [0.1, 0.15) is 37.6 Å². The first-order chi connectivity index (χ1) is 9.64. The van der Waals surface area contributed by atoms with Crippen molar-refractivity contribution in [1.29, 1.82) is 0 Å². The average Bonchev–Trinajstić information content (AvgIpc) is 3.24. The lowest BCUT2D eigenvalue weighted by atomic mass is 10.0. The van der Waals surface area contributed by atoms with Gasteiger partial charge in [-0.05, 0) is 31.6 Å². The largest absolute Gasteiger partial charge is 0.385 e. The average molecular weight is 278 g/mol. The van der Waals surface area contributed by atoms with E-state index in [4.69, 9.17) is 4.74 Å². The van der Waals surface area contributed by atoms with E-state index in [1.807, 2.05) is 7.05 Å². The predicted octanol–water partition coefficient (Wildman–Crippen LogP) is 2.62. The summed E-state index contributed by atoms with van der Waals surface area (Å²) in [4.78, 5) is 9.11. The number of hydrogen-bond acceptors (Lipinski definition) is 5. The molecule has 0 bridgehead atoms. The molecule has 20 heavy (non-hydrogen) atoms. The van der Waals surface area contributed by atoms with Crippen LogP contribution in [0.3, 0.4) is 0 Å². The molecule has 0 spiro atoms. The smallest absolute Gasteiger partial charge is 0.134 e. The van der Waals surface area contributed by atoms with Crippen LogP contribution in [0.25, 0.3) is 0 Å². The zero-order valence-corrected chi connectivity index (χ0v) is 13.0. The number of anilines is 2. The van der Waals surface area contributed by atoms with Gasteiger partial charge >= 0.3 is 0 Å². The van der Waals surface area contributed by atoms with E-state index in [0.29, 0.717) is 5.41 Å². The minimum atomic E-state index is 0.416. The van der Waals surface area contributed by atoms with Crippen molar-refractivity contribution in [3.8, 4) is 0 Å². The molecule has 0 saturated heterocycles. The Labute approximate surface area is 121 Å². The van der Waals surface area contributed by atoms with Crippen LogP contribution in [0.2, 0.25) is 0 Å². The molecule has 0 atom stereocenters. The lowest BCUT2D eigenvalue weighted by molar-refractivity contribution is 0.175. The molecule has 1 heterocycles. The van der Waals surface area contributed by atoms with E-state index in [1.54, 1.807) is 7.11 Å². The summed E-state index contributed by atoms with van der Waals surface area (Å²) in [5, 5.41) is 6.67. The molecular weight excluding hydrogens is 252 g/mol. The highest BCUT2D eigenvalue weighted by Crippen LogP contribution is 2.48. The fourth-order valence-electron chi connectivity index (χ4n) is 2.42. The second-order valence-electron chi connectivity index (χ2n) is 5.66. The van der Waals surface area contributed by atoms with Crippen LogP contribution in [0, 0.1) is 12.3 Å². The van der Waals surface area contributed by atoms with Crippen molar-refractivity contribution >= 4 is 11.6 Å². The highest BCUT2D eigenvalue weighted by atomic mass is 16.5. The molecule has 0 amide bonds. The van der Waals surface area contributed by atoms with Gasteiger partial charge in [0.15, 0.2) is 0 Å². The van der Waals surface area contributed by atoms with Gasteiger partial charge in [-0.2, -0.15) is 0 Å². The molecular formula is C15H26N4O. The fraction of sp³-hybridized carbons (Fsp3) is 0.733. The van der Waals surface area contributed by atoms with E-state index < -0.39 is 0 Å². The highest BCUT2D eigenvalue weighted by molar-refractivity contribution is 5.57. The van der Waals surface area contributed by atoms with Gasteiger partial charge in [-0.15, -0.1) is 0 Å². The Morgan fingerprint density at radius 1 is 1.25 bits per heavy atom. The Bertz CT molecular complexity index is 457. The van der Waals surface area contributed by atoms with Crippen molar-refractivity contribution in [1.82, 2.24) is 9.97 Å². The Morgan fingerprint density at radius 2 is 1.95 bits per heavy atom. The minimum Gasteiger partial charge on any atom is -0.385 e. The van der Waals surface area contributed by atoms with Gasteiger partial charge in [-0.1, -0.05) is 6.92 Å². The van der Waals surface area contributed by atoms with Gasteiger partial charge in [0, 0.05) is 39.3 Å². The summed E-state index contributed by atoms with van der Waals surface area (Å²) in [6.45, 7) is 5.95. The Balaban J connectivity index is 2.05. The van der Waals surface area contributed by atoms with Crippen molar-refractivity contribution in [3.05, 3.63) is 11.4 Å². The number of ether oxygens (including phenoxy) is 1. The van der Waals surface area contributed by atoms with E-state index in [0.717, 1.165) is 49.0 Å². The third-order valence-corrected chi connectivity index (χ3v) is 4.17. The molecule has 0 radical (unpaired) electrons. The quantitative estimate of drug-likeness (QED) is 0.765. The normalized spacial score (nSPS) is 16.0. The molecule has 5 heteroatoms. The first-order valence-corrected chi connectivity index (χ1v) is 7.42. The maximum absolute atomic E-state index is 5.20. The molecule has 112 valence electrons. The number of methoxy groups -OCH3 is 1. The molecule has 1 saturated carbocycles. The van der Waals surface area contributed by atoms with E-state index >= 15 is 0 Å². The highest BCUT2D eigenvalue weighted by Gasteiger charge is 2.41. The maximum Gasteiger partial charge on any atom is 0.134 e. The van der Waals surface area contributed by atoms with Crippen molar-refractivity contribution in [3.63, 3.8) is 0 Å². The van der Waals surface area contributed by atoms with E-state index in [9.17, 15) is 0 Å². The van der Waals surface area contributed by atoms with Crippen LogP contribution >= 0.6 is 0 Å². The zero-order chi connectivity index (χ0) is 14.6. The number of aryl methyl sites for hydroxylation is 1. The molecule has 2 N–H and O–H groups in total. The summed E-state index contributed by atoms with van der Waals surface area (Å²) in [5.41, 5.74) is 1.51. The number of rotatable bonds is 8. The second-order valence-corrected chi connectivity index (χ2v) is 5.66. The molecule has 1 aromatic heterocycles. The summed E-state index contributed by atoms with van der Waals surface area (Å²) >= 11 is 0. The number of nitrogens with zero attached hydrogens (tertiary/aromatic N) is 2. The van der Waals surface area contributed by atoms with Crippen LogP contribution in [0.15, 0.2) is 0 Å². The standard InChI is InChI=1S/C15H26N4O/c1-5-12-18-13(16-3)11(2)14(19-12)17-10-15(6-7-15)8-9-20-4/h5-10H2,1-4H3,(H2,16,17,18,19). The molecule has 1 aliphatic carbocycles. The SMILES string of the molecule is CCc1nc(NC)c(C)c(NCC2(CCOC)CC2)n1. The Morgan fingerprint density at radius 3 is 2.50 bits per heavy atom. The Hall–Kier alpha value is -1.36. The van der Waals surface area contributed by atoms with E-state index in [2.05, 4.69) is 34.4 Å². The van der Waals surface area contributed by atoms with Crippen LogP contribution in [0.4, 0.5) is 11.6 Å². The van der Waals surface area contributed by atoms with E-state index in [-0.39, 0.29) is 0 Å². The molecule has 0 unspecified atom stereocenters. The van der Waals surface area contributed by atoms with Crippen molar-refractivity contribution in [2.45, 2.75) is 39.5 Å². The molecule has 1 aromatic rings. The summed E-state index contributed by atoms with van der Waals surface area (Å²) < 4.78 is 5.20. The monoisotopic (exact) mass is 278 g/mol. The third-order valence-electron chi connectivity index (χ3n) is 4.17. The van der Waals surface area contributed by atoms with Crippen molar-refractivity contribution < 1.29 is 4.74 Å². The lowest BCUT2D eigenvalue weighted by Crippen LogP contribution is -2.19. The topological polar surface area (TPSA) is 59.1 Å². The first kappa shape index (κ1) is 15.0. The van der Waals surface area contributed by atoms with Gasteiger partial charge < -0.3 is 15.4 Å². The van der Waals surface area contributed by atoms with Gasteiger partial charge in [0.05, 0.1) is 0 Å². The molecule has 2 rings (SSSR count). The lowest BCUT2D eigenvalue weighted by Gasteiger charge is -2.18. The number of hydrogen-bond donors (Lipinski definition) is 2. The molecule has 5 nitrogen and oxygen atoms in total. The van der Waals surface area contributed by atoms with Crippen LogP contribution in [0.5, 0.6) is 0 Å². The zero-order valence-electron chi connectivity index (χ0n) is 13.0. The van der Waals surface area contributed by atoms with Gasteiger partial charge in [-0.3, -0.25) is 0 Å². The summed E-state index contributed by atoms with van der Waals surface area (Å²) in [6, 6.07) is 0. The fourth-order valence-corrected chi connectivity index (χ4v) is 2.42.